The van der Waals surface area contributed by atoms with Gasteiger partial charge in [0, 0.05) is 6.54 Å². The second-order valence-electron chi connectivity index (χ2n) is 5.76. The molecule has 23 heavy (non-hydrogen) atoms. The fourth-order valence-electron chi connectivity index (χ4n) is 2.27. The van der Waals surface area contributed by atoms with Crippen LogP contribution in [0.1, 0.15) is 53.4 Å². The summed E-state index contributed by atoms with van der Waals surface area (Å²) in [6.45, 7) is 5.33. The van der Waals surface area contributed by atoms with E-state index in [0.717, 1.165) is 12.8 Å². The Morgan fingerprint density at radius 1 is 1.26 bits per heavy atom. The van der Waals surface area contributed by atoms with Crippen LogP contribution in [-0.2, 0) is 13.0 Å². The van der Waals surface area contributed by atoms with E-state index in [9.17, 15) is 4.79 Å². The molecule has 0 aliphatic carbocycles. The molecule has 0 aliphatic heterocycles. The van der Waals surface area contributed by atoms with E-state index in [-0.39, 0.29) is 18.3 Å². The highest BCUT2D eigenvalue weighted by molar-refractivity contribution is 5.93. The normalized spacial score (nSPS) is 10.4. The molecule has 2 rings (SSSR count). The molecule has 0 fully saturated rings. The number of hydrogen-bond donors (Lipinski definition) is 2. The lowest BCUT2D eigenvalue weighted by Crippen LogP contribution is -2.24. The Kier molecular flexibility index (Phi) is 7.86. The summed E-state index contributed by atoms with van der Waals surface area (Å²) < 4.78 is 5.16. The number of carbonyl (C=O) groups is 1. The zero-order chi connectivity index (χ0) is 15.9. The van der Waals surface area contributed by atoms with Crippen molar-refractivity contribution in [2.24, 2.45) is 5.73 Å². The first-order valence-electron chi connectivity index (χ1n) is 7.74. The van der Waals surface area contributed by atoms with Gasteiger partial charge in [-0.05, 0) is 36.0 Å². The summed E-state index contributed by atoms with van der Waals surface area (Å²) in [5.74, 6) is 1.07. The van der Waals surface area contributed by atoms with Crippen molar-refractivity contribution in [1.82, 2.24) is 5.32 Å². The summed E-state index contributed by atoms with van der Waals surface area (Å²) in [5, 5.41) is 2.90. The predicted molar refractivity (Wildman–Crippen MR) is 95.0 cm³/mol. The Bertz CT molecular complexity index is 606. The van der Waals surface area contributed by atoms with E-state index < -0.39 is 0 Å². The van der Waals surface area contributed by atoms with Crippen molar-refractivity contribution in [2.75, 3.05) is 6.54 Å². The molecule has 0 aliphatic rings. The van der Waals surface area contributed by atoms with Crippen molar-refractivity contribution in [3.05, 3.63) is 59.0 Å². The van der Waals surface area contributed by atoms with Gasteiger partial charge in [-0.3, -0.25) is 4.79 Å². The summed E-state index contributed by atoms with van der Waals surface area (Å²) in [6.07, 6.45) is 3.31. The largest absolute Gasteiger partial charge is 0.467 e. The number of aryl methyl sites for hydroxylation is 1. The molecule has 5 heteroatoms. The van der Waals surface area contributed by atoms with Crippen molar-refractivity contribution in [3.8, 4) is 0 Å². The van der Waals surface area contributed by atoms with Crippen LogP contribution in [0.4, 0.5) is 0 Å². The number of hydrogen-bond acceptors (Lipinski definition) is 3. The highest BCUT2D eigenvalue weighted by atomic mass is 35.5. The van der Waals surface area contributed by atoms with E-state index in [1.807, 2.05) is 0 Å². The van der Waals surface area contributed by atoms with Crippen LogP contribution in [0, 0.1) is 0 Å². The van der Waals surface area contributed by atoms with Crippen LogP contribution in [-0.4, -0.2) is 12.5 Å². The monoisotopic (exact) mass is 336 g/mol. The number of furan rings is 1. The van der Waals surface area contributed by atoms with E-state index in [4.69, 9.17) is 10.2 Å². The molecule has 0 spiro atoms. The molecular formula is C18H25ClN2O2. The molecule has 2 aromatic rings. The van der Waals surface area contributed by atoms with Gasteiger partial charge in [0.2, 0.25) is 0 Å². The molecule has 126 valence electrons. The number of carbonyl (C=O) groups excluding carboxylic acids is 1. The van der Waals surface area contributed by atoms with Gasteiger partial charge < -0.3 is 15.5 Å². The maximum Gasteiger partial charge on any atom is 0.254 e. The van der Waals surface area contributed by atoms with Gasteiger partial charge in [-0.1, -0.05) is 38.1 Å². The third kappa shape index (κ3) is 5.73. The maximum absolute atomic E-state index is 11.9. The second kappa shape index (κ2) is 9.38. The first kappa shape index (κ1) is 19.3. The van der Waals surface area contributed by atoms with Crippen LogP contribution < -0.4 is 11.1 Å². The van der Waals surface area contributed by atoms with Gasteiger partial charge in [0.1, 0.15) is 12.0 Å². The fourth-order valence-corrected chi connectivity index (χ4v) is 2.27. The van der Waals surface area contributed by atoms with Gasteiger partial charge in [0.15, 0.2) is 0 Å². The van der Waals surface area contributed by atoms with Crippen LogP contribution in [0.5, 0.6) is 0 Å². The fraction of sp³-hybridized carbons (Fsp3) is 0.389. The summed E-state index contributed by atoms with van der Waals surface area (Å²) in [7, 11) is 0. The lowest BCUT2D eigenvalue weighted by molar-refractivity contribution is 0.0952. The zero-order valence-electron chi connectivity index (χ0n) is 13.7. The lowest BCUT2D eigenvalue weighted by atomic mass is 10.0. The molecule has 0 saturated heterocycles. The minimum atomic E-state index is -0.112. The van der Waals surface area contributed by atoms with Gasteiger partial charge in [0.25, 0.3) is 5.91 Å². The number of rotatable bonds is 7. The van der Waals surface area contributed by atoms with Crippen LogP contribution >= 0.6 is 12.4 Å². The Balaban J connectivity index is 0.00000264. The summed E-state index contributed by atoms with van der Waals surface area (Å²) in [6, 6.07) is 10.4. The SMILES string of the molecule is CC(C)c1ccc(CCCNC(=O)c2coc(CN)c2)cc1.Cl. The lowest BCUT2D eigenvalue weighted by Gasteiger charge is -2.07. The van der Waals surface area contributed by atoms with E-state index in [0.29, 0.717) is 30.3 Å². The first-order valence-corrected chi connectivity index (χ1v) is 7.74. The van der Waals surface area contributed by atoms with E-state index in [1.165, 1.54) is 17.4 Å². The Morgan fingerprint density at radius 2 is 1.96 bits per heavy atom. The van der Waals surface area contributed by atoms with E-state index in [2.05, 4.69) is 43.4 Å². The van der Waals surface area contributed by atoms with E-state index in [1.54, 1.807) is 6.07 Å². The average Bonchev–Trinajstić information content (AvgIpc) is 3.01. The molecule has 0 unspecified atom stereocenters. The number of halogens is 1. The smallest absolute Gasteiger partial charge is 0.254 e. The topological polar surface area (TPSA) is 68.3 Å². The highest BCUT2D eigenvalue weighted by Crippen LogP contribution is 2.15. The maximum atomic E-state index is 11.9. The quantitative estimate of drug-likeness (QED) is 0.758. The molecule has 0 bridgehead atoms. The van der Waals surface area contributed by atoms with Crippen LogP contribution in [0.15, 0.2) is 41.0 Å². The van der Waals surface area contributed by atoms with Crippen molar-refractivity contribution >= 4 is 18.3 Å². The minimum Gasteiger partial charge on any atom is -0.467 e. The molecule has 0 atom stereocenters. The second-order valence-corrected chi connectivity index (χ2v) is 5.76. The van der Waals surface area contributed by atoms with Crippen molar-refractivity contribution in [3.63, 3.8) is 0 Å². The molecule has 1 heterocycles. The molecule has 0 radical (unpaired) electrons. The van der Waals surface area contributed by atoms with Crippen LogP contribution in [0.25, 0.3) is 0 Å². The Morgan fingerprint density at radius 3 is 2.52 bits per heavy atom. The number of benzene rings is 1. The zero-order valence-corrected chi connectivity index (χ0v) is 14.5. The van der Waals surface area contributed by atoms with Gasteiger partial charge in [-0.2, -0.15) is 0 Å². The third-order valence-corrected chi connectivity index (χ3v) is 3.69. The Labute approximate surface area is 143 Å². The van der Waals surface area contributed by atoms with E-state index >= 15 is 0 Å². The predicted octanol–water partition coefficient (Wildman–Crippen LogP) is 3.65. The first-order chi connectivity index (χ1) is 10.6. The molecule has 4 nitrogen and oxygen atoms in total. The summed E-state index contributed by atoms with van der Waals surface area (Å²) in [4.78, 5) is 11.9. The number of amides is 1. The molecule has 0 saturated carbocycles. The number of nitrogens with two attached hydrogens (primary N) is 1. The molecule has 1 amide bonds. The highest BCUT2D eigenvalue weighted by Gasteiger charge is 2.08. The van der Waals surface area contributed by atoms with Crippen molar-refractivity contribution in [1.29, 1.82) is 0 Å². The van der Waals surface area contributed by atoms with Crippen molar-refractivity contribution < 1.29 is 9.21 Å². The molecular weight excluding hydrogens is 312 g/mol. The van der Waals surface area contributed by atoms with Crippen molar-refractivity contribution in [2.45, 2.75) is 39.2 Å². The molecule has 1 aromatic carbocycles. The standard InChI is InChI=1S/C18H24N2O2.ClH/c1-13(2)15-7-5-14(6-8-15)4-3-9-20-18(21)16-10-17(11-19)22-12-16;/h5-8,10,12-13H,3-4,9,11,19H2,1-2H3,(H,20,21);1H. The third-order valence-electron chi connectivity index (χ3n) is 3.69. The number of nitrogens with one attached hydrogen (secondary N) is 1. The Hall–Kier alpha value is -1.78. The van der Waals surface area contributed by atoms with Gasteiger partial charge in [-0.25, -0.2) is 0 Å². The minimum absolute atomic E-state index is 0. The van der Waals surface area contributed by atoms with Gasteiger partial charge >= 0.3 is 0 Å². The molecule has 1 aromatic heterocycles. The van der Waals surface area contributed by atoms with Crippen LogP contribution in [0.2, 0.25) is 0 Å². The van der Waals surface area contributed by atoms with Gasteiger partial charge in [-0.15, -0.1) is 12.4 Å². The summed E-state index contributed by atoms with van der Waals surface area (Å²) >= 11 is 0. The van der Waals surface area contributed by atoms with Gasteiger partial charge in [0.05, 0.1) is 12.1 Å². The average molecular weight is 337 g/mol. The summed E-state index contributed by atoms with van der Waals surface area (Å²) in [5.41, 5.74) is 8.64. The van der Waals surface area contributed by atoms with Crippen LogP contribution in [0.3, 0.4) is 0 Å². The molecule has 3 N–H and O–H groups in total.